The van der Waals surface area contributed by atoms with Crippen molar-refractivity contribution in [1.82, 2.24) is 0 Å². The first-order chi connectivity index (χ1) is 8.45. The third-order valence-electron chi connectivity index (χ3n) is 3.05. The second-order valence-corrected chi connectivity index (χ2v) is 4.68. The zero-order valence-corrected chi connectivity index (χ0v) is 10.7. The van der Waals surface area contributed by atoms with E-state index in [4.69, 9.17) is 11.5 Å². The number of anilines is 1. The van der Waals surface area contributed by atoms with E-state index in [0.29, 0.717) is 19.0 Å². The number of carbonyl (C=O) groups is 1. The van der Waals surface area contributed by atoms with Crippen LogP contribution in [0.4, 0.5) is 10.1 Å². The number of halogens is 1. The number of hydrogen-bond donors (Lipinski definition) is 3. The van der Waals surface area contributed by atoms with Crippen LogP contribution >= 0.6 is 0 Å². The molecule has 1 aromatic rings. The molecule has 0 aromatic heterocycles. The Kier molecular flexibility index (Phi) is 5.09. The molecular weight excluding hydrogens is 233 g/mol. The molecule has 100 valence electrons. The highest BCUT2D eigenvalue weighted by molar-refractivity contribution is 5.93. The van der Waals surface area contributed by atoms with E-state index in [1.54, 1.807) is 0 Å². The molecule has 0 saturated carbocycles. The van der Waals surface area contributed by atoms with Crippen LogP contribution in [0.2, 0.25) is 0 Å². The Morgan fingerprint density at radius 3 is 2.61 bits per heavy atom. The Hall–Kier alpha value is -1.62. The van der Waals surface area contributed by atoms with E-state index in [-0.39, 0.29) is 17.2 Å². The molecule has 1 amide bonds. The van der Waals surface area contributed by atoms with Crippen LogP contribution in [0.25, 0.3) is 0 Å². The van der Waals surface area contributed by atoms with Crippen LogP contribution in [0, 0.1) is 17.7 Å². The molecule has 0 spiro atoms. The van der Waals surface area contributed by atoms with Crippen molar-refractivity contribution in [2.75, 3.05) is 18.4 Å². The highest BCUT2D eigenvalue weighted by atomic mass is 19.1. The Morgan fingerprint density at radius 2 is 2.11 bits per heavy atom. The van der Waals surface area contributed by atoms with Crippen molar-refractivity contribution in [3.05, 3.63) is 29.6 Å². The molecule has 5 heteroatoms. The SMILES string of the molecule is CC(C)C(CN)CNc1cc(C(N)=O)ccc1F. The van der Waals surface area contributed by atoms with Crippen LogP contribution in [-0.4, -0.2) is 19.0 Å². The van der Waals surface area contributed by atoms with Crippen LogP contribution in [0.3, 0.4) is 0 Å². The number of carbonyl (C=O) groups excluding carboxylic acids is 1. The van der Waals surface area contributed by atoms with E-state index in [9.17, 15) is 9.18 Å². The summed E-state index contributed by atoms with van der Waals surface area (Å²) in [5.41, 5.74) is 11.4. The van der Waals surface area contributed by atoms with Crippen LogP contribution in [-0.2, 0) is 0 Å². The molecule has 0 bridgehead atoms. The lowest BCUT2D eigenvalue weighted by Crippen LogP contribution is -2.27. The van der Waals surface area contributed by atoms with Gasteiger partial charge in [-0.15, -0.1) is 0 Å². The molecule has 0 heterocycles. The summed E-state index contributed by atoms with van der Waals surface area (Å²) in [6.45, 7) is 5.22. The molecule has 0 saturated heterocycles. The van der Waals surface area contributed by atoms with Gasteiger partial charge < -0.3 is 16.8 Å². The van der Waals surface area contributed by atoms with Crippen LogP contribution in [0.15, 0.2) is 18.2 Å². The number of primary amides is 1. The fourth-order valence-electron chi connectivity index (χ4n) is 1.65. The minimum absolute atomic E-state index is 0.252. The first kappa shape index (κ1) is 14.4. The normalized spacial score (nSPS) is 12.5. The molecule has 1 rings (SSSR count). The van der Waals surface area contributed by atoms with E-state index in [1.165, 1.54) is 18.2 Å². The summed E-state index contributed by atoms with van der Waals surface area (Å²) in [7, 11) is 0. The van der Waals surface area contributed by atoms with Crippen LogP contribution in [0.1, 0.15) is 24.2 Å². The van der Waals surface area contributed by atoms with Gasteiger partial charge in [0.05, 0.1) is 5.69 Å². The van der Waals surface area contributed by atoms with Gasteiger partial charge in [-0.3, -0.25) is 4.79 Å². The maximum atomic E-state index is 13.5. The topological polar surface area (TPSA) is 81.1 Å². The molecule has 18 heavy (non-hydrogen) atoms. The van der Waals surface area contributed by atoms with Gasteiger partial charge in [-0.1, -0.05) is 13.8 Å². The third kappa shape index (κ3) is 3.70. The smallest absolute Gasteiger partial charge is 0.248 e. The summed E-state index contributed by atoms with van der Waals surface area (Å²) in [5, 5.41) is 2.98. The van der Waals surface area contributed by atoms with Gasteiger partial charge in [0.15, 0.2) is 0 Å². The summed E-state index contributed by atoms with van der Waals surface area (Å²) >= 11 is 0. The molecule has 1 aromatic carbocycles. The summed E-state index contributed by atoms with van der Waals surface area (Å²) in [6.07, 6.45) is 0. The number of hydrogen-bond acceptors (Lipinski definition) is 3. The van der Waals surface area contributed by atoms with Gasteiger partial charge in [-0.25, -0.2) is 4.39 Å². The van der Waals surface area contributed by atoms with Crippen molar-refractivity contribution in [2.45, 2.75) is 13.8 Å². The largest absolute Gasteiger partial charge is 0.382 e. The predicted octanol–water partition coefficient (Wildman–Crippen LogP) is 1.57. The van der Waals surface area contributed by atoms with E-state index in [2.05, 4.69) is 19.2 Å². The Morgan fingerprint density at radius 1 is 1.44 bits per heavy atom. The van der Waals surface area contributed by atoms with Gasteiger partial charge in [0.2, 0.25) is 5.91 Å². The first-order valence-corrected chi connectivity index (χ1v) is 5.99. The third-order valence-corrected chi connectivity index (χ3v) is 3.05. The monoisotopic (exact) mass is 253 g/mol. The second kappa shape index (κ2) is 6.35. The highest BCUT2D eigenvalue weighted by Gasteiger charge is 2.13. The number of nitrogens with two attached hydrogens (primary N) is 2. The molecule has 0 radical (unpaired) electrons. The Bertz CT molecular complexity index is 421. The lowest BCUT2D eigenvalue weighted by atomic mass is 9.96. The lowest BCUT2D eigenvalue weighted by molar-refractivity contribution is 0.100. The first-order valence-electron chi connectivity index (χ1n) is 5.99. The van der Waals surface area contributed by atoms with Gasteiger partial charge in [-0.05, 0) is 36.6 Å². The quantitative estimate of drug-likeness (QED) is 0.719. The molecule has 1 atom stereocenters. The maximum Gasteiger partial charge on any atom is 0.248 e. The van der Waals surface area contributed by atoms with E-state index >= 15 is 0 Å². The average Bonchev–Trinajstić information content (AvgIpc) is 2.31. The van der Waals surface area contributed by atoms with E-state index < -0.39 is 11.7 Å². The molecule has 4 nitrogen and oxygen atoms in total. The molecule has 0 aliphatic rings. The second-order valence-electron chi connectivity index (χ2n) is 4.68. The summed E-state index contributed by atoms with van der Waals surface area (Å²) < 4.78 is 13.5. The Balaban J connectivity index is 2.77. The number of nitrogens with one attached hydrogen (secondary N) is 1. The van der Waals surface area contributed by atoms with Crippen LogP contribution < -0.4 is 16.8 Å². The number of benzene rings is 1. The van der Waals surface area contributed by atoms with Crippen molar-refractivity contribution in [3.8, 4) is 0 Å². The van der Waals surface area contributed by atoms with Crippen molar-refractivity contribution >= 4 is 11.6 Å². The average molecular weight is 253 g/mol. The van der Waals surface area contributed by atoms with Gasteiger partial charge >= 0.3 is 0 Å². The van der Waals surface area contributed by atoms with E-state index in [1.807, 2.05) is 0 Å². The fourth-order valence-corrected chi connectivity index (χ4v) is 1.65. The molecular formula is C13H20FN3O. The zero-order chi connectivity index (χ0) is 13.7. The summed E-state index contributed by atoms with van der Waals surface area (Å²) in [4.78, 5) is 11.0. The van der Waals surface area contributed by atoms with Crippen molar-refractivity contribution in [2.24, 2.45) is 23.3 Å². The fraction of sp³-hybridized carbons (Fsp3) is 0.462. The molecule has 0 fully saturated rings. The summed E-state index contributed by atoms with van der Waals surface area (Å²) in [6, 6.07) is 4.02. The van der Waals surface area contributed by atoms with Gasteiger partial charge in [0.25, 0.3) is 0 Å². The highest BCUT2D eigenvalue weighted by Crippen LogP contribution is 2.18. The van der Waals surface area contributed by atoms with Crippen molar-refractivity contribution in [1.29, 1.82) is 0 Å². The minimum Gasteiger partial charge on any atom is -0.382 e. The van der Waals surface area contributed by atoms with Crippen molar-refractivity contribution < 1.29 is 9.18 Å². The zero-order valence-electron chi connectivity index (χ0n) is 10.7. The molecule has 1 unspecified atom stereocenters. The van der Waals surface area contributed by atoms with Crippen molar-refractivity contribution in [3.63, 3.8) is 0 Å². The molecule has 0 aliphatic heterocycles. The molecule has 0 aliphatic carbocycles. The lowest BCUT2D eigenvalue weighted by Gasteiger charge is -2.20. The molecule has 5 N–H and O–H groups in total. The number of rotatable bonds is 6. The maximum absolute atomic E-state index is 13.5. The summed E-state index contributed by atoms with van der Waals surface area (Å²) in [5.74, 6) is -0.316. The minimum atomic E-state index is -0.572. The number of amides is 1. The van der Waals surface area contributed by atoms with Gasteiger partial charge in [-0.2, -0.15) is 0 Å². The van der Waals surface area contributed by atoms with Crippen LogP contribution in [0.5, 0.6) is 0 Å². The predicted molar refractivity (Wildman–Crippen MR) is 70.8 cm³/mol. The van der Waals surface area contributed by atoms with Gasteiger partial charge in [0.1, 0.15) is 5.82 Å². The standard InChI is InChI=1S/C13H20FN3O/c1-8(2)10(6-15)7-17-12-5-9(13(16)18)3-4-11(12)14/h3-5,8,10,17H,6-7,15H2,1-2H3,(H2,16,18). The van der Waals surface area contributed by atoms with Gasteiger partial charge in [0, 0.05) is 12.1 Å². The Labute approximate surface area is 107 Å². The van der Waals surface area contributed by atoms with E-state index in [0.717, 1.165) is 0 Å².